The largest absolute Gasteiger partial charge is 0.508 e. The highest BCUT2D eigenvalue weighted by atomic mass is 16.5. The summed E-state index contributed by atoms with van der Waals surface area (Å²) in [7, 11) is 0. The number of hydrogen-bond donors (Lipinski definition) is 2. The first kappa shape index (κ1) is 16.1. The summed E-state index contributed by atoms with van der Waals surface area (Å²) in [5.41, 5.74) is 1.12. The van der Waals surface area contributed by atoms with Crippen molar-refractivity contribution in [3.8, 4) is 5.75 Å². The first-order chi connectivity index (χ1) is 11.2. The van der Waals surface area contributed by atoms with Crippen molar-refractivity contribution in [3.05, 3.63) is 24.3 Å². The van der Waals surface area contributed by atoms with Crippen molar-refractivity contribution in [2.75, 3.05) is 50.8 Å². The van der Waals surface area contributed by atoms with E-state index in [2.05, 4.69) is 15.1 Å². The monoisotopic (exact) mass is 319 g/mol. The van der Waals surface area contributed by atoms with Gasteiger partial charge in [-0.05, 0) is 37.1 Å². The van der Waals surface area contributed by atoms with E-state index in [1.165, 1.54) is 0 Å². The molecule has 23 heavy (non-hydrogen) atoms. The van der Waals surface area contributed by atoms with Crippen LogP contribution in [-0.2, 0) is 9.53 Å². The van der Waals surface area contributed by atoms with E-state index in [4.69, 9.17) is 4.74 Å². The quantitative estimate of drug-likeness (QED) is 0.841. The van der Waals surface area contributed by atoms with Gasteiger partial charge >= 0.3 is 0 Å². The van der Waals surface area contributed by atoms with E-state index in [9.17, 15) is 9.90 Å². The lowest BCUT2D eigenvalue weighted by atomic mass is 10.2. The zero-order valence-electron chi connectivity index (χ0n) is 13.4. The third-order valence-corrected chi connectivity index (χ3v) is 4.51. The van der Waals surface area contributed by atoms with E-state index in [1.807, 2.05) is 12.1 Å². The molecule has 6 nitrogen and oxygen atoms in total. The van der Waals surface area contributed by atoms with Crippen molar-refractivity contribution in [3.63, 3.8) is 0 Å². The maximum Gasteiger partial charge on any atom is 0.234 e. The Bertz CT molecular complexity index is 506. The second-order valence-electron chi connectivity index (χ2n) is 6.22. The Morgan fingerprint density at radius 3 is 2.61 bits per heavy atom. The number of rotatable bonds is 5. The highest BCUT2D eigenvalue weighted by Crippen LogP contribution is 2.19. The molecule has 1 unspecified atom stereocenters. The van der Waals surface area contributed by atoms with Crippen molar-refractivity contribution in [1.29, 1.82) is 0 Å². The molecule has 1 aromatic carbocycles. The Balaban J connectivity index is 1.38. The molecule has 2 aliphatic rings. The van der Waals surface area contributed by atoms with Crippen LogP contribution in [0, 0.1) is 0 Å². The molecular formula is C17H25N3O3. The SMILES string of the molecule is O=C(CN1CCN(c2ccc(O)cc2)CC1)NCC1CCCO1. The van der Waals surface area contributed by atoms with Gasteiger partial charge in [0, 0.05) is 45.0 Å². The summed E-state index contributed by atoms with van der Waals surface area (Å²) in [6.07, 6.45) is 2.34. The number of phenolic OH excluding ortho intramolecular Hbond substituents is 1. The van der Waals surface area contributed by atoms with Crippen LogP contribution in [0.4, 0.5) is 5.69 Å². The second-order valence-corrected chi connectivity index (χ2v) is 6.22. The van der Waals surface area contributed by atoms with Gasteiger partial charge in [-0.1, -0.05) is 0 Å². The van der Waals surface area contributed by atoms with Crippen molar-refractivity contribution >= 4 is 11.6 Å². The molecule has 2 N–H and O–H groups in total. The average molecular weight is 319 g/mol. The van der Waals surface area contributed by atoms with E-state index in [-0.39, 0.29) is 17.8 Å². The number of benzene rings is 1. The lowest BCUT2D eigenvalue weighted by Crippen LogP contribution is -2.50. The molecule has 0 saturated carbocycles. The lowest BCUT2D eigenvalue weighted by Gasteiger charge is -2.35. The first-order valence-electron chi connectivity index (χ1n) is 8.35. The molecule has 2 fully saturated rings. The van der Waals surface area contributed by atoms with E-state index >= 15 is 0 Å². The van der Waals surface area contributed by atoms with Gasteiger partial charge in [-0.25, -0.2) is 0 Å². The molecule has 0 radical (unpaired) electrons. The van der Waals surface area contributed by atoms with Crippen LogP contribution >= 0.6 is 0 Å². The Labute approximate surface area is 137 Å². The molecule has 2 aliphatic heterocycles. The van der Waals surface area contributed by atoms with Gasteiger partial charge in [0.25, 0.3) is 0 Å². The number of nitrogens with one attached hydrogen (secondary N) is 1. The third-order valence-electron chi connectivity index (χ3n) is 4.51. The van der Waals surface area contributed by atoms with Crippen LogP contribution < -0.4 is 10.2 Å². The molecule has 0 aliphatic carbocycles. The Morgan fingerprint density at radius 1 is 1.22 bits per heavy atom. The third kappa shape index (κ3) is 4.59. The summed E-state index contributed by atoms with van der Waals surface area (Å²) in [6.45, 7) is 5.43. The van der Waals surface area contributed by atoms with Crippen LogP contribution in [0.25, 0.3) is 0 Å². The standard InChI is InChI=1S/C17H25N3O3/c21-15-5-3-14(4-6-15)20-9-7-19(8-10-20)13-17(22)18-12-16-2-1-11-23-16/h3-6,16,21H,1-2,7-13H2,(H,18,22). The van der Waals surface area contributed by atoms with E-state index in [0.29, 0.717) is 13.1 Å². The van der Waals surface area contributed by atoms with E-state index < -0.39 is 0 Å². The molecule has 0 bridgehead atoms. The van der Waals surface area contributed by atoms with Crippen LogP contribution in [0.3, 0.4) is 0 Å². The van der Waals surface area contributed by atoms with Gasteiger partial charge in [0.15, 0.2) is 0 Å². The number of hydrogen-bond acceptors (Lipinski definition) is 5. The Kier molecular flexibility index (Phi) is 5.35. The normalized spacial score (nSPS) is 22.3. The zero-order valence-corrected chi connectivity index (χ0v) is 13.4. The summed E-state index contributed by atoms with van der Waals surface area (Å²) in [4.78, 5) is 16.5. The summed E-state index contributed by atoms with van der Waals surface area (Å²) in [5.74, 6) is 0.369. The molecule has 0 aromatic heterocycles. The molecule has 1 amide bonds. The number of carbonyl (C=O) groups excluding carboxylic acids is 1. The number of phenols is 1. The molecule has 1 atom stereocenters. The Morgan fingerprint density at radius 2 is 1.96 bits per heavy atom. The molecule has 126 valence electrons. The minimum absolute atomic E-state index is 0.0820. The number of carbonyl (C=O) groups is 1. The topological polar surface area (TPSA) is 65.0 Å². The van der Waals surface area contributed by atoms with E-state index in [0.717, 1.165) is 51.3 Å². The fourth-order valence-corrected chi connectivity index (χ4v) is 3.12. The second kappa shape index (κ2) is 7.66. The zero-order chi connectivity index (χ0) is 16.1. The minimum atomic E-state index is 0.0820. The predicted octanol–water partition coefficient (Wildman–Crippen LogP) is 0.809. The van der Waals surface area contributed by atoms with Gasteiger partial charge < -0.3 is 20.1 Å². The van der Waals surface area contributed by atoms with Gasteiger partial charge in [0.1, 0.15) is 5.75 Å². The molecular weight excluding hydrogens is 294 g/mol. The molecule has 6 heteroatoms. The fraction of sp³-hybridized carbons (Fsp3) is 0.588. The van der Waals surface area contributed by atoms with Crippen molar-refractivity contribution in [2.45, 2.75) is 18.9 Å². The van der Waals surface area contributed by atoms with Crippen LogP contribution in [-0.4, -0.2) is 67.9 Å². The highest BCUT2D eigenvalue weighted by molar-refractivity contribution is 5.78. The summed E-state index contributed by atoms with van der Waals surface area (Å²) in [6, 6.07) is 7.28. The van der Waals surface area contributed by atoms with Gasteiger partial charge in [-0.3, -0.25) is 9.69 Å². The van der Waals surface area contributed by atoms with Gasteiger partial charge in [0.05, 0.1) is 12.6 Å². The maximum atomic E-state index is 12.0. The average Bonchev–Trinajstić information content (AvgIpc) is 3.08. The number of nitrogens with zero attached hydrogens (tertiary/aromatic N) is 2. The maximum absolute atomic E-state index is 12.0. The van der Waals surface area contributed by atoms with Crippen molar-refractivity contribution in [2.24, 2.45) is 0 Å². The number of ether oxygens (including phenoxy) is 1. The summed E-state index contributed by atoms with van der Waals surface area (Å²) in [5, 5.41) is 12.3. The van der Waals surface area contributed by atoms with Crippen LogP contribution in [0.5, 0.6) is 5.75 Å². The van der Waals surface area contributed by atoms with Crippen molar-refractivity contribution < 1.29 is 14.6 Å². The molecule has 0 spiro atoms. The first-order valence-corrected chi connectivity index (χ1v) is 8.35. The number of aromatic hydroxyl groups is 1. The van der Waals surface area contributed by atoms with Gasteiger partial charge in [-0.15, -0.1) is 0 Å². The smallest absolute Gasteiger partial charge is 0.234 e. The summed E-state index contributed by atoms with van der Waals surface area (Å²) < 4.78 is 5.51. The van der Waals surface area contributed by atoms with Gasteiger partial charge in [-0.2, -0.15) is 0 Å². The molecule has 3 rings (SSSR count). The van der Waals surface area contributed by atoms with E-state index in [1.54, 1.807) is 12.1 Å². The van der Waals surface area contributed by atoms with Crippen molar-refractivity contribution in [1.82, 2.24) is 10.2 Å². The number of anilines is 1. The fourth-order valence-electron chi connectivity index (χ4n) is 3.12. The van der Waals surface area contributed by atoms with Gasteiger partial charge in [0.2, 0.25) is 5.91 Å². The molecule has 1 aromatic rings. The number of amides is 1. The van der Waals surface area contributed by atoms with Crippen LogP contribution in [0.2, 0.25) is 0 Å². The molecule has 2 heterocycles. The lowest BCUT2D eigenvalue weighted by molar-refractivity contribution is -0.122. The summed E-state index contributed by atoms with van der Waals surface area (Å²) >= 11 is 0. The number of piperazine rings is 1. The Hall–Kier alpha value is -1.79. The van der Waals surface area contributed by atoms with Crippen LogP contribution in [0.15, 0.2) is 24.3 Å². The predicted molar refractivity (Wildman–Crippen MR) is 88.7 cm³/mol. The van der Waals surface area contributed by atoms with Crippen LogP contribution in [0.1, 0.15) is 12.8 Å². The molecule has 2 saturated heterocycles. The minimum Gasteiger partial charge on any atom is -0.508 e. The highest BCUT2D eigenvalue weighted by Gasteiger charge is 2.20.